The van der Waals surface area contributed by atoms with Gasteiger partial charge < -0.3 is 68.9 Å². The van der Waals surface area contributed by atoms with Gasteiger partial charge in [-0.3, -0.25) is 4.79 Å². The number of likely N-dealkylation sites (N-methyl/N-ethyl adjacent to an activating group) is 2. The molecule has 3 fully saturated rings. The number of methoxy groups -OCH3 is 1. The van der Waals surface area contributed by atoms with Gasteiger partial charge in [0.2, 0.25) is 0 Å². The van der Waals surface area contributed by atoms with E-state index in [-0.39, 0.29) is 30.1 Å². The summed E-state index contributed by atoms with van der Waals surface area (Å²) in [6, 6.07) is 3.40. The van der Waals surface area contributed by atoms with Crippen molar-refractivity contribution in [2.75, 3.05) is 47.2 Å². The molecule has 3 aliphatic heterocycles. The van der Waals surface area contributed by atoms with Gasteiger partial charge in [-0.2, -0.15) is 0 Å². The SMILES string of the molecule is CC[C@H]1OC(=O)[C@H](C)[C@@H](O[C@H]2C[C@@](C)(OC)[C@@H](O)[C@H](C)O2)[C@H](C)[C@@H](O[C@@H]2O[C@H](C)C[C@H](N(C)CCCc3cn([C@H](CF)[C@H](O)c4ccc(S(C)(=O)=O)cc4)nn3)[C@H]2O)[C@](C)(O)C[C@@H](C)CN(C)[C@H](C)[C@@H](O)[C@]1(C)O. The average Bonchev–Trinajstić information content (AvgIpc) is 3.80. The van der Waals surface area contributed by atoms with Crippen LogP contribution >= 0.6 is 0 Å². The van der Waals surface area contributed by atoms with Crippen molar-refractivity contribution in [3.8, 4) is 0 Å². The van der Waals surface area contributed by atoms with E-state index in [1.807, 2.05) is 37.7 Å². The largest absolute Gasteiger partial charge is 0.459 e. The number of hydrogen-bond donors (Lipinski definition) is 6. The Labute approximate surface area is 437 Å². The number of rotatable bonds is 16. The molecule has 0 bridgehead atoms. The van der Waals surface area contributed by atoms with Gasteiger partial charge in [-0.1, -0.05) is 38.1 Å². The highest BCUT2D eigenvalue weighted by Crippen LogP contribution is 2.40. The molecule has 0 spiro atoms. The average molecular weight is 1070 g/mol. The van der Waals surface area contributed by atoms with Crippen molar-refractivity contribution < 1.29 is 76.7 Å². The Balaban J connectivity index is 1.40. The van der Waals surface area contributed by atoms with Crippen molar-refractivity contribution >= 4 is 15.8 Å². The molecule has 2 aromatic rings. The Kier molecular flexibility index (Phi) is 21.2. The fourth-order valence-corrected chi connectivity index (χ4v) is 12.0. The summed E-state index contributed by atoms with van der Waals surface area (Å²) in [5.74, 6) is -2.93. The van der Waals surface area contributed by atoms with E-state index < -0.39 is 137 Å². The minimum atomic E-state index is -3.46. The molecule has 22 heteroatoms. The van der Waals surface area contributed by atoms with Crippen molar-refractivity contribution in [3.63, 3.8) is 0 Å². The molecule has 1 aromatic carbocycles. The van der Waals surface area contributed by atoms with Gasteiger partial charge >= 0.3 is 5.97 Å². The van der Waals surface area contributed by atoms with Crippen molar-refractivity contribution in [1.29, 1.82) is 0 Å². The van der Waals surface area contributed by atoms with Gasteiger partial charge in [0.15, 0.2) is 22.4 Å². The number of alkyl halides is 1. The van der Waals surface area contributed by atoms with Crippen molar-refractivity contribution in [2.45, 2.75) is 215 Å². The minimum Gasteiger partial charge on any atom is -0.459 e. The van der Waals surface area contributed by atoms with Gasteiger partial charge in [0.1, 0.15) is 48.8 Å². The number of carbonyl (C=O) groups excluding carboxylic acids is 1. The molecule has 5 rings (SSSR count). The van der Waals surface area contributed by atoms with Gasteiger partial charge in [0, 0.05) is 50.5 Å². The first-order valence-corrected chi connectivity index (χ1v) is 28.0. The summed E-state index contributed by atoms with van der Waals surface area (Å²) < 4.78 is 77.7. The zero-order valence-corrected chi connectivity index (χ0v) is 46.8. The molecule has 3 aliphatic rings. The first kappa shape index (κ1) is 62.0. The van der Waals surface area contributed by atoms with E-state index in [9.17, 15) is 48.2 Å². The van der Waals surface area contributed by atoms with Crippen LogP contribution in [0.15, 0.2) is 35.4 Å². The van der Waals surface area contributed by atoms with Gasteiger partial charge in [-0.25, -0.2) is 17.5 Å². The normalized spacial score (nSPS) is 39.5. The van der Waals surface area contributed by atoms with Crippen LogP contribution in [0, 0.1) is 17.8 Å². The van der Waals surface area contributed by atoms with E-state index in [2.05, 4.69) is 10.3 Å². The number of nitrogens with zero attached hydrogens (tertiary/aromatic N) is 5. The molecule has 4 heterocycles. The molecule has 0 amide bonds. The van der Waals surface area contributed by atoms with E-state index in [1.165, 1.54) is 43.0 Å². The quantitative estimate of drug-likeness (QED) is 0.132. The molecule has 20 nitrogen and oxygen atoms in total. The van der Waals surface area contributed by atoms with E-state index in [0.717, 1.165) is 6.26 Å². The van der Waals surface area contributed by atoms with Crippen molar-refractivity contribution in [2.24, 2.45) is 17.8 Å². The standard InChI is InChI=1S/C52H88FN5O15S/c1-15-40-52(10,65)45(61)33(6)57(12)27-29(2)24-50(8,64)47(31(4)44(32(5)48(63)71-40)72-41-25-51(9,68-13)46(62)34(7)70-41)73-49-43(60)38(23-30(3)69-49)56(11)22-16-17-36-28-58(55-54-36)39(26-53)42(59)35-18-20-37(21-19-35)74(14,66)67/h18-21,28-34,38-47,49,59-62,64-65H,15-17,22-27H2,1-14H3/t29-,30-,31+,32-,33-,34+,38+,39-,40-,41+,42-,43-,44+,45-,46+,47-,49+,50-,51-,52-/m1/s1. The number of cyclic esters (lactones) is 1. The van der Waals surface area contributed by atoms with Crippen LogP contribution in [-0.4, -0.2) is 207 Å². The highest BCUT2D eigenvalue weighted by molar-refractivity contribution is 7.90. The molecule has 20 atom stereocenters. The maximum absolute atomic E-state index is 14.5. The minimum absolute atomic E-state index is 0.0721. The van der Waals surface area contributed by atoms with Crippen LogP contribution in [0.2, 0.25) is 0 Å². The van der Waals surface area contributed by atoms with E-state index in [1.54, 1.807) is 54.7 Å². The highest BCUT2D eigenvalue weighted by Gasteiger charge is 2.53. The molecule has 1 aromatic heterocycles. The van der Waals surface area contributed by atoms with Crippen molar-refractivity contribution in [1.82, 2.24) is 24.8 Å². The third-order valence-corrected chi connectivity index (χ3v) is 17.3. The molecule has 74 heavy (non-hydrogen) atoms. The Bertz CT molecular complexity index is 2210. The number of sulfone groups is 1. The molecule has 3 saturated heterocycles. The number of halogens is 1. The molecule has 0 aliphatic carbocycles. The zero-order chi connectivity index (χ0) is 55.4. The van der Waals surface area contributed by atoms with Crippen LogP contribution in [-0.2, 0) is 49.5 Å². The monoisotopic (exact) mass is 1070 g/mol. The lowest BCUT2D eigenvalue weighted by molar-refractivity contribution is -0.318. The van der Waals surface area contributed by atoms with E-state index >= 15 is 0 Å². The molecular weight excluding hydrogens is 986 g/mol. The lowest BCUT2D eigenvalue weighted by Gasteiger charge is -2.49. The topological polar surface area (TPSA) is 265 Å². The Morgan fingerprint density at radius 2 is 1.64 bits per heavy atom. The summed E-state index contributed by atoms with van der Waals surface area (Å²) in [6.45, 7) is 17.2. The van der Waals surface area contributed by atoms with Crippen LogP contribution in [0.1, 0.15) is 125 Å². The Morgan fingerprint density at radius 1 is 0.986 bits per heavy atom. The molecule has 6 N–H and O–H groups in total. The highest BCUT2D eigenvalue weighted by atomic mass is 32.2. The van der Waals surface area contributed by atoms with Gasteiger partial charge in [0.05, 0.1) is 52.1 Å². The summed E-state index contributed by atoms with van der Waals surface area (Å²) in [5.41, 5.74) is -3.76. The summed E-state index contributed by atoms with van der Waals surface area (Å²) >= 11 is 0. The fraction of sp³-hybridized carbons (Fsp3) is 0.827. The second-order valence-corrected chi connectivity index (χ2v) is 24.5. The molecule has 0 unspecified atom stereocenters. The van der Waals surface area contributed by atoms with Crippen LogP contribution < -0.4 is 0 Å². The van der Waals surface area contributed by atoms with Gasteiger partial charge in [-0.05, 0) is 125 Å². The number of ether oxygens (including phenoxy) is 6. The summed E-state index contributed by atoms with van der Waals surface area (Å²) in [4.78, 5) is 18.4. The third kappa shape index (κ3) is 14.5. The van der Waals surface area contributed by atoms with Gasteiger partial charge in [-0.15, -0.1) is 5.10 Å². The van der Waals surface area contributed by atoms with E-state index in [4.69, 9.17) is 28.4 Å². The maximum Gasteiger partial charge on any atom is 0.311 e. The van der Waals surface area contributed by atoms with Crippen LogP contribution in [0.4, 0.5) is 4.39 Å². The number of aryl methyl sites for hydroxylation is 1. The third-order valence-electron chi connectivity index (χ3n) is 16.1. The number of aromatic nitrogens is 3. The Morgan fingerprint density at radius 3 is 2.23 bits per heavy atom. The number of aliphatic hydroxyl groups excluding tert-OH is 4. The molecule has 0 saturated carbocycles. The predicted octanol–water partition coefficient (Wildman–Crippen LogP) is 3.14. The molecular formula is C52H88FN5O15S. The number of carbonyl (C=O) groups is 1. The first-order chi connectivity index (χ1) is 34.4. The van der Waals surface area contributed by atoms with Crippen molar-refractivity contribution in [3.05, 3.63) is 41.7 Å². The zero-order valence-electron chi connectivity index (χ0n) is 45.9. The lowest BCUT2D eigenvalue weighted by Crippen LogP contribution is -2.60. The van der Waals surface area contributed by atoms with Crippen LogP contribution in [0.5, 0.6) is 0 Å². The first-order valence-electron chi connectivity index (χ1n) is 26.1. The Hall–Kier alpha value is -2.81. The second-order valence-electron chi connectivity index (χ2n) is 22.5. The van der Waals surface area contributed by atoms with Crippen LogP contribution in [0.25, 0.3) is 0 Å². The number of hydrogen-bond acceptors (Lipinski definition) is 19. The maximum atomic E-state index is 14.5. The lowest BCUT2D eigenvalue weighted by atomic mass is 9.77. The predicted molar refractivity (Wildman–Crippen MR) is 271 cm³/mol. The van der Waals surface area contributed by atoms with E-state index in [0.29, 0.717) is 43.6 Å². The number of benzene rings is 1. The smallest absolute Gasteiger partial charge is 0.311 e. The second kappa shape index (κ2) is 25.3. The van der Waals surface area contributed by atoms with Crippen LogP contribution in [0.3, 0.4) is 0 Å². The van der Waals surface area contributed by atoms with Gasteiger partial charge in [0.25, 0.3) is 0 Å². The molecule has 424 valence electrons. The molecule has 0 radical (unpaired) electrons. The summed E-state index contributed by atoms with van der Waals surface area (Å²) in [5, 5.41) is 79.0. The summed E-state index contributed by atoms with van der Waals surface area (Å²) in [6.07, 6.45) is -7.32. The number of aliphatic hydroxyl groups is 6. The summed E-state index contributed by atoms with van der Waals surface area (Å²) in [7, 11) is 1.71. The fourth-order valence-electron chi connectivity index (χ4n) is 11.4. The number of esters is 1.